The van der Waals surface area contributed by atoms with Crippen LogP contribution in [0.15, 0.2) is 0 Å². The average molecular weight is 188 g/mol. The molecule has 1 aliphatic carbocycles. The summed E-state index contributed by atoms with van der Waals surface area (Å²) in [5, 5.41) is 9.03. The molecule has 0 aromatic rings. The summed E-state index contributed by atoms with van der Waals surface area (Å²) < 4.78 is -0.460. The molecule has 0 spiro atoms. The van der Waals surface area contributed by atoms with Gasteiger partial charge in [0.15, 0.2) is 0 Å². The van der Waals surface area contributed by atoms with Crippen molar-refractivity contribution in [2.75, 3.05) is 5.75 Å². The maximum absolute atomic E-state index is 11.0. The van der Waals surface area contributed by atoms with E-state index in [-0.39, 0.29) is 5.41 Å². The molecule has 0 bridgehead atoms. The summed E-state index contributed by atoms with van der Waals surface area (Å²) >= 11 is 1.58. The second-order valence-corrected chi connectivity index (χ2v) is 5.90. The van der Waals surface area contributed by atoms with E-state index in [1.54, 1.807) is 11.8 Å². The Labute approximate surface area is 77.7 Å². The van der Waals surface area contributed by atoms with Gasteiger partial charge in [0.05, 0.1) is 0 Å². The molecule has 3 heteroatoms. The van der Waals surface area contributed by atoms with E-state index in [2.05, 4.69) is 13.8 Å². The number of hydrogen-bond donors (Lipinski definition) is 1. The van der Waals surface area contributed by atoms with Crippen LogP contribution in [0.5, 0.6) is 0 Å². The van der Waals surface area contributed by atoms with Crippen LogP contribution in [-0.4, -0.2) is 21.6 Å². The number of aliphatic carboxylic acids is 1. The normalized spacial score (nSPS) is 24.6. The first kappa shape index (κ1) is 9.90. The van der Waals surface area contributed by atoms with E-state index in [0.29, 0.717) is 0 Å². The Morgan fingerprint density at radius 3 is 2.25 bits per heavy atom. The maximum Gasteiger partial charge on any atom is 0.319 e. The molecule has 0 heterocycles. The van der Waals surface area contributed by atoms with Crippen LogP contribution in [0.25, 0.3) is 0 Å². The number of carboxylic acids is 1. The van der Waals surface area contributed by atoms with Crippen LogP contribution in [0.2, 0.25) is 0 Å². The monoisotopic (exact) mass is 188 g/mol. The van der Waals surface area contributed by atoms with E-state index in [1.807, 2.05) is 6.92 Å². The maximum atomic E-state index is 11.0. The molecule has 1 aliphatic rings. The second-order valence-electron chi connectivity index (χ2n) is 4.25. The van der Waals surface area contributed by atoms with Gasteiger partial charge in [-0.15, -0.1) is 11.8 Å². The molecule has 1 N–H and O–H groups in total. The SMILES string of the molecule is CCSC1(C(=O)O)CC(C)(C)C1. The van der Waals surface area contributed by atoms with Crippen LogP contribution in [-0.2, 0) is 4.79 Å². The third kappa shape index (κ3) is 1.60. The topological polar surface area (TPSA) is 37.3 Å². The fourth-order valence-electron chi connectivity index (χ4n) is 2.09. The highest BCUT2D eigenvalue weighted by Gasteiger charge is 2.54. The lowest BCUT2D eigenvalue weighted by Gasteiger charge is -2.49. The van der Waals surface area contributed by atoms with Crippen molar-refractivity contribution in [2.24, 2.45) is 5.41 Å². The van der Waals surface area contributed by atoms with E-state index in [0.717, 1.165) is 18.6 Å². The van der Waals surface area contributed by atoms with Gasteiger partial charge in [-0.1, -0.05) is 20.8 Å². The number of rotatable bonds is 3. The van der Waals surface area contributed by atoms with Crippen molar-refractivity contribution in [2.45, 2.75) is 38.4 Å². The minimum absolute atomic E-state index is 0.237. The number of carbonyl (C=O) groups is 1. The van der Waals surface area contributed by atoms with E-state index >= 15 is 0 Å². The van der Waals surface area contributed by atoms with Gasteiger partial charge >= 0.3 is 5.97 Å². The predicted molar refractivity (Wildman–Crippen MR) is 51.5 cm³/mol. The standard InChI is InChI=1S/C9H16O2S/c1-4-12-9(7(10)11)5-8(2,3)6-9/h4-6H2,1-3H3,(H,10,11). The molecule has 0 aromatic heterocycles. The lowest BCUT2D eigenvalue weighted by molar-refractivity contribution is -0.145. The molecular weight excluding hydrogens is 172 g/mol. The van der Waals surface area contributed by atoms with Gasteiger partial charge in [-0.3, -0.25) is 4.79 Å². The highest BCUT2D eigenvalue weighted by molar-refractivity contribution is 8.01. The van der Waals surface area contributed by atoms with Crippen molar-refractivity contribution >= 4 is 17.7 Å². The van der Waals surface area contributed by atoms with Gasteiger partial charge in [-0.25, -0.2) is 0 Å². The molecule has 0 unspecified atom stereocenters. The first-order valence-corrected chi connectivity index (χ1v) is 5.28. The summed E-state index contributed by atoms with van der Waals surface area (Å²) in [6.45, 7) is 6.27. The molecule has 0 aromatic carbocycles. The van der Waals surface area contributed by atoms with Crippen LogP contribution in [0.4, 0.5) is 0 Å². The van der Waals surface area contributed by atoms with Crippen molar-refractivity contribution in [3.05, 3.63) is 0 Å². The van der Waals surface area contributed by atoms with Crippen molar-refractivity contribution in [1.29, 1.82) is 0 Å². The highest BCUT2D eigenvalue weighted by atomic mass is 32.2. The highest BCUT2D eigenvalue weighted by Crippen LogP contribution is 2.55. The van der Waals surface area contributed by atoms with Gasteiger partial charge in [-0.2, -0.15) is 0 Å². The van der Waals surface area contributed by atoms with Crippen molar-refractivity contribution in [1.82, 2.24) is 0 Å². The Morgan fingerprint density at radius 1 is 1.50 bits per heavy atom. The van der Waals surface area contributed by atoms with Gasteiger partial charge < -0.3 is 5.11 Å². The van der Waals surface area contributed by atoms with Gasteiger partial charge in [0, 0.05) is 0 Å². The van der Waals surface area contributed by atoms with E-state index in [1.165, 1.54) is 0 Å². The number of carboxylic acid groups (broad SMARTS) is 1. The van der Waals surface area contributed by atoms with E-state index in [9.17, 15) is 4.79 Å². The molecule has 1 saturated carbocycles. The summed E-state index contributed by atoms with van der Waals surface area (Å²) in [4.78, 5) is 11.0. The molecule has 0 saturated heterocycles. The predicted octanol–water partition coefficient (Wildman–Crippen LogP) is 2.38. The first-order valence-electron chi connectivity index (χ1n) is 4.29. The van der Waals surface area contributed by atoms with Crippen LogP contribution < -0.4 is 0 Å². The average Bonchev–Trinajstić information content (AvgIpc) is 1.83. The third-order valence-corrected chi connectivity index (χ3v) is 3.64. The summed E-state index contributed by atoms with van der Waals surface area (Å²) in [5.41, 5.74) is 0.237. The number of hydrogen-bond acceptors (Lipinski definition) is 2. The lowest BCUT2D eigenvalue weighted by atomic mass is 9.64. The zero-order valence-electron chi connectivity index (χ0n) is 7.89. The molecule has 1 fully saturated rings. The largest absolute Gasteiger partial charge is 0.480 e. The summed E-state index contributed by atoms with van der Waals surface area (Å²) in [5.74, 6) is 0.260. The van der Waals surface area contributed by atoms with E-state index in [4.69, 9.17) is 5.11 Å². The fourth-order valence-corrected chi connectivity index (χ4v) is 3.75. The quantitative estimate of drug-likeness (QED) is 0.739. The summed E-state index contributed by atoms with van der Waals surface area (Å²) in [7, 11) is 0. The molecular formula is C9H16O2S. The Balaban J connectivity index is 2.62. The van der Waals surface area contributed by atoms with Crippen molar-refractivity contribution in [3.8, 4) is 0 Å². The molecule has 0 atom stereocenters. The van der Waals surface area contributed by atoms with Gasteiger partial charge in [0.25, 0.3) is 0 Å². The van der Waals surface area contributed by atoms with E-state index < -0.39 is 10.7 Å². The second kappa shape index (κ2) is 2.95. The van der Waals surface area contributed by atoms with Crippen LogP contribution in [0.1, 0.15) is 33.6 Å². The molecule has 70 valence electrons. The van der Waals surface area contributed by atoms with Crippen molar-refractivity contribution in [3.63, 3.8) is 0 Å². The van der Waals surface area contributed by atoms with Gasteiger partial charge in [0.2, 0.25) is 0 Å². The summed E-state index contributed by atoms with van der Waals surface area (Å²) in [6, 6.07) is 0. The molecule has 0 amide bonds. The molecule has 0 radical (unpaired) electrons. The van der Waals surface area contributed by atoms with Crippen LogP contribution in [0, 0.1) is 5.41 Å². The number of thioether (sulfide) groups is 1. The minimum Gasteiger partial charge on any atom is -0.480 e. The lowest BCUT2D eigenvalue weighted by Crippen LogP contribution is -2.52. The third-order valence-electron chi connectivity index (χ3n) is 2.34. The van der Waals surface area contributed by atoms with Crippen LogP contribution in [0.3, 0.4) is 0 Å². The van der Waals surface area contributed by atoms with Crippen molar-refractivity contribution < 1.29 is 9.90 Å². The summed E-state index contributed by atoms with van der Waals surface area (Å²) in [6.07, 6.45) is 1.63. The zero-order chi connectivity index (χ0) is 9.41. The van der Waals surface area contributed by atoms with Gasteiger partial charge in [0.1, 0.15) is 4.75 Å². The Morgan fingerprint density at radius 2 is 2.00 bits per heavy atom. The smallest absolute Gasteiger partial charge is 0.319 e. The van der Waals surface area contributed by atoms with Crippen LogP contribution >= 0.6 is 11.8 Å². The zero-order valence-corrected chi connectivity index (χ0v) is 8.70. The molecule has 0 aliphatic heterocycles. The fraction of sp³-hybridized carbons (Fsp3) is 0.889. The molecule has 1 rings (SSSR count). The Kier molecular flexibility index (Phi) is 2.43. The molecule has 12 heavy (non-hydrogen) atoms. The minimum atomic E-state index is -0.631. The first-order chi connectivity index (χ1) is 5.42. The Bertz CT molecular complexity index is 191. The molecule has 2 nitrogen and oxygen atoms in total. The Hall–Kier alpha value is -0.180. The van der Waals surface area contributed by atoms with Gasteiger partial charge in [-0.05, 0) is 24.0 Å².